The van der Waals surface area contributed by atoms with Gasteiger partial charge < -0.3 is 9.47 Å². The molecule has 128 valence electrons. The van der Waals surface area contributed by atoms with Crippen molar-refractivity contribution in [3.8, 4) is 11.5 Å². The average Bonchev–Trinajstić information content (AvgIpc) is 2.60. The van der Waals surface area contributed by atoms with Crippen LogP contribution in [0.5, 0.6) is 11.5 Å². The van der Waals surface area contributed by atoms with E-state index >= 15 is 0 Å². The number of aliphatic imine (C=N–C) groups is 1. The molecule has 24 heavy (non-hydrogen) atoms. The van der Waals surface area contributed by atoms with Crippen LogP contribution < -0.4 is 9.47 Å². The summed E-state index contributed by atoms with van der Waals surface area (Å²) in [6, 6.07) is 14.2. The van der Waals surface area contributed by atoms with Gasteiger partial charge in [-0.1, -0.05) is 32.0 Å². The molecule has 1 atom stereocenters. The number of ether oxygens (including phenoxy) is 2. The number of rotatable bonds is 7. The van der Waals surface area contributed by atoms with Crippen LogP contribution in [0.3, 0.4) is 0 Å². The van der Waals surface area contributed by atoms with Crippen molar-refractivity contribution in [1.82, 2.24) is 0 Å². The van der Waals surface area contributed by atoms with Crippen molar-refractivity contribution in [1.29, 1.82) is 0 Å². The quantitative estimate of drug-likeness (QED) is 0.607. The van der Waals surface area contributed by atoms with Crippen LogP contribution >= 0.6 is 0 Å². The highest BCUT2D eigenvalue weighted by Crippen LogP contribution is 2.31. The fourth-order valence-electron chi connectivity index (χ4n) is 2.43. The van der Waals surface area contributed by atoms with Gasteiger partial charge in [0, 0.05) is 11.8 Å². The third kappa shape index (κ3) is 4.60. The zero-order chi connectivity index (χ0) is 17.5. The van der Waals surface area contributed by atoms with E-state index < -0.39 is 0 Å². The lowest BCUT2D eigenvalue weighted by Gasteiger charge is -2.15. The summed E-state index contributed by atoms with van der Waals surface area (Å²) in [7, 11) is 1.65. The molecule has 0 fully saturated rings. The summed E-state index contributed by atoms with van der Waals surface area (Å²) < 4.78 is 11.3. The number of nitrogens with zero attached hydrogens (tertiary/aromatic N) is 1. The molecule has 0 unspecified atom stereocenters. The molecule has 0 amide bonds. The van der Waals surface area contributed by atoms with Gasteiger partial charge in [-0.3, -0.25) is 4.99 Å². The summed E-state index contributed by atoms with van der Waals surface area (Å²) >= 11 is 0. The van der Waals surface area contributed by atoms with Crippen LogP contribution in [0.25, 0.3) is 0 Å². The molecule has 2 aromatic carbocycles. The monoisotopic (exact) mass is 325 g/mol. The van der Waals surface area contributed by atoms with Crippen LogP contribution in [0, 0.1) is 0 Å². The van der Waals surface area contributed by atoms with Crippen molar-refractivity contribution in [2.75, 3.05) is 7.11 Å². The van der Waals surface area contributed by atoms with Gasteiger partial charge in [-0.05, 0) is 56.0 Å². The maximum atomic E-state index is 5.90. The third-order valence-corrected chi connectivity index (χ3v) is 4.01. The number of benzene rings is 2. The first-order valence-corrected chi connectivity index (χ1v) is 8.52. The topological polar surface area (TPSA) is 30.8 Å². The predicted octanol–water partition coefficient (Wildman–Crippen LogP) is 5.75. The van der Waals surface area contributed by atoms with Crippen molar-refractivity contribution in [2.24, 2.45) is 4.99 Å². The summed E-state index contributed by atoms with van der Waals surface area (Å²) in [5.74, 6) is 2.03. The Labute approximate surface area is 145 Å². The molecule has 0 N–H and O–H groups in total. The summed E-state index contributed by atoms with van der Waals surface area (Å²) in [4.78, 5) is 4.59. The summed E-state index contributed by atoms with van der Waals surface area (Å²) in [6.45, 7) is 8.45. The second-order valence-corrected chi connectivity index (χ2v) is 6.20. The van der Waals surface area contributed by atoms with Gasteiger partial charge >= 0.3 is 0 Å². The highest BCUT2D eigenvalue weighted by atomic mass is 16.5. The van der Waals surface area contributed by atoms with E-state index in [0.29, 0.717) is 5.92 Å². The molecule has 0 saturated heterocycles. The number of hydrogen-bond acceptors (Lipinski definition) is 3. The van der Waals surface area contributed by atoms with Gasteiger partial charge in [0.1, 0.15) is 0 Å². The molecule has 0 aliphatic heterocycles. The second kappa shape index (κ2) is 8.53. The fraction of sp³-hybridized carbons (Fsp3) is 0.381. The van der Waals surface area contributed by atoms with Gasteiger partial charge in [-0.25, -0.2) is 0 Å². The molecule has 0 radical (unpaired) electrons. The molecule has 0 saturated carbocycles. The number of methoxy groups -OCH3 is 1. The van der Waals surface area contributed by atoms with Gasteiger partial charge in [-0.2, -0.15) is 0 Å². The minimum atomic E-state index is 0.0725. The average molecular weight is 325 g/mol. The van der Waals surface area contributed by atoms with E-state index in [9.17, 15) is 0 Å². The molecular formula is C21H27NO2. The maximum Gasteiger partial charge on any atom is 0.170 e. The number of hydrogen-bond donors (Lipinski definition) is 0. The Hall–Kier alpha value is -2.29. The van der Waals surface area contributed by atoms with Crippen LogP contribution in [0.2, 0.25) is 0 Å². The smallest absolute Gasteiger partial charge is 0.170 e. The van der Waals surface area contributed by atoms with Crippen LogP contribution in [-0.2, 0) is 0 Å². The minimum absolute atomic E-state index is 0.0725. The molecule has 0 aliphatic carbocycles. The Kier molecular flexibility index (Phi) is 6.42. The van der Waals surface area contributed by atoms with Crippen LogP contribution in [0.4, 0.5) is 5.69 Å². The predicted molar refractivity (Wildman–Crippen MR) is 101 cm³/mol. The van der Waals surface area contributed by atoms with Gasteiger partial charge in [0.2, 0.25) is 0 Å². The first-order valence-electron chi connectivity index (χ1n) is 8.52. The van der Waals surface area contributed by atoms with Gasteiger partial charge in [0.25, 0.3) is 0 Å². The molecule has 0 heterocycles. The lowest BCUT2D eigenvalue weighted by molar-refractivity contribution is 0.230. The second-order valence-electron chi connectivity index (χ2n) is 6.20. The Morgan fingerprint density at radius 2 is 1.75 bits per heavy atom. The van der Waals surface area contributed by atoms with Gasteiger partial charge in [-0.15, -0.1) is 0 Å². The van der Waals surface area contributed by atoms with Gasteiger partial charge in [0.05, 0.1) is 18.9 Å². The van der Waals surface area contributed by atoms with E-state index in [2.05, 4.69) is 43.1 Å². The van der Waals surface area contributed by atoms with Crippen LogP contribution in [0.15, 0.2) is 47.5 Å². The Balaban J connectivity index is 2.25. The fourth-order valence-corrected chi connectivity index (χ4v) is 2.43. The van der Waals surface area contributed by atoms with E-state index in [1.807, 2.05) is 38.3 Å². The number of para-hydroxylation sites is 1. The van der Waals surface area contributed by atoms with Crippen molar-refractivity contribution in [3.63, 3.8) is 0 Å². The molecule has 0 aromatic heterocycles. The molecule has 0 spiro atoms. The lowest BCUT2D eigenvalue weighted by Crippen LogP contribution is -2.08. The SMILES string of the molecule is CC[C@@H](C)c1ccc(N=Cc2cccc(OC)c2OC(C)C)cc1. The lowest BCUT2D eigenvalue weighted by atomic mass is 9.99. The van der Waals surface area contributed by atoms with Crippen LogP contribution in [-0.4, -0.2) is 19.4 Å². The Morgan fingerprint density at radius 1 is 1.04 bits per heavy atom. The standard InChI is InChI=1S/C21H27NO2/c1-6-16(4)17-10-12-19(13-11-17)22-14-18-8-7-9-20(23-5)21(18)24-15(2)3/h7-16H,6H2,1-5H3/t16-/m1/s1. The summed E-state index contributed by atoms with van der Waals surface area (Å²) in [5.41, 5.74) is 3.19. The van der Waals surface area contributed by atoms with E-state index in [-0.39, 0.29) is 6.10 Å². The third-order valence-electron chi connectivity index (χ3n) is 4.01. The molecule has 0 bridgehead atoms. The van der Waals surface area contributed by atoms with E-state index in [4.69, 9.17) is 9.47 Å². The highest BCUT2D eigenvalue weighted by molar-refractivity contribution is 5.86. The summed E-state index contributed by atoms with van der Waals surface area (Å²) in [5, 5.41) is 0. The largest absolute Gasteiger partial charge is 0.493 e. The molecular weight excluding hydrogens is 298 g/mol. The summed E-state index contributed by atoms with van der Waals surface area (Å²) in [6.07, 6.45) is 3.05. The Bertz CT molecular complexity index is 675. The molecule has 3 nitrogen and oxygen atoms in total. The van der Waals surface area contributed by atoms with Crippen molar-refractivity contribution < 1.29 is 9.47 Å². The van der Waals surface area contributed by atoms with Crippen molar-refractivity contribution in [2.45, 2.75) is 46.1 Å². The van der Waals surface area contributed by atoms with E-state index in [1.165, 1.54) is 5.56 Å². The molecule has 2 rings (SSSR count). The highest BCUT2D eigenvalue weighted by Gasteiger charge is 2.10. The molecule has 3 heteroatoms. The minimum Gasteiger partial charge on any atom is -0.493 e. The Morgan fingerprint density at radius 3 is 2.33 bits per heavy atom. The van der Waals surface area contributed by atoms with E-state index in [0.717, 1.165) is 29.2 Å². The first-order chi connectivity index (χ1) is 11.5. The zero-order valence-corrected chi connectivity index (χ0v) is 15.2. The first kappa shape index (κ1) is 18.1. The van der Waals surface area contributed by atoms with Crippen LogP contribution in [0.1, 0.15) is 51.2 Å². The zero-order valence-electron chi connectivity index (χ0n) is 15.2. The van der Waals surface area contributed by atoms with Crippen molar-refractivity contribution >= 4 is 11.9 Å². The van der Waals surface area contributed by atoms with Gasteiger partial charge in [0.15, 0.2) is 11.5 Å². The molecule has 2 aromatic rings. The van der Waals surface area contributed by atoms with Crippen molar-refractivity contribution in [3.05, 3.63) is 53.6 Å². The van der Waals surface area contributed by atoms with E-state index in [1.54, 1.807) is 7.11 Å². The molecule has 0 aliphatic rings. The normalized spacial score (nSPS) is 12.6. The maximum absolute atomic E-state index is 5.90.